The first-order valence-corrected chi connectivity index (χ1v) is 9.45. The van der Waals surface area contributed by atoms with Crippen LogP contribution >= 0.6 is 0 Å². The number of nitrogens with zero attached hydrogens (tertiary/aromatic N) is 1. The molecule has 3 heteroatoms. The SMILES string of the molecule is CN1CCCC(C(Oc2ccc3c(c2)CCCO3)c2ccccc2)C1. The maximum Gasteiger partial charge on any atom is 0.128 e. The van der Waals surface area contributed by atoms with E-state index < -0.39 is 0 Å². The average Bonchev–Trinajstić information content (AvgIpc) is 2.66. The Morgan fingerprint density at radius 3 is 2.84 bits per heavy atom. The molecule has 3 nitrogen and oxygen atoms in total. The molecule has 0 N–H and O–H groups in total. The van der Waals surface area contributed by atoms with Crippen LogP contribution < -0.4 is 9.47 Å². The van der Waals surface area contributed by atoms with Crippen molar-refractivity contribution in [2.45, 2.75) is 31.8 Å². The van der Waals surface area contributed by atoms with Gasteiger partial charge in [-0.05, 0) is 68.6 Å². The van der Waals surface area contributed by atoms with Gasteiger partial charge in [-0.15, -0.1) is 0 Å². The Morgan fingerprint density at radius 2 is 2.00 bits per heavy atom. The summed E-state index contributed by atoms with van der Waals surface area (Å²) in [4.78, 5) is 2.42. The third kappa shape index (κ3) is 3.82. The molecular formula is C22H27NO2. The summed E-state index contributed by atoms with van der Waals surface area (Å²) in [7, 11) is 2.21. The number of ether oxygens (including phenoxy) is 2. The molecule has 2 atom stereocenters. The zero-order valence-corrected chi connectivity index (χ0v) is 15.0. The lowest BCUT2D eigenvalue weighted by Gasteiger charge is -2.35. The smallest absolute Gasteiger partial charge is 0.128 e. The van der Waals surface area contributed by atoms with Gasteiger partial charge in [-0.25, -0.2) is 0 Å². The van der Waals surface area contributed by atoms with E-state index in [1.807, 2.05) is 0 Å². The van der Waals surface area contributed by atoms with Gasteiger partial charge in [-0.3, -0.25) is 0 Å². The normalized spacial score (nSPS) is 21.9. The Hall–Kier alpha value is -2.00. The second kappa shape index (κ2) is 7.49. The first-order chi connectivity index (χ1) is 12.3. The van der Waals surface area contributed by atoms with Crippen LogP contribution in [0.4, 0.5) is 0 Å². The molecule has 0 aliphatic carbocycles. The molecule has 0 amide bonds. The molecule has 0 spiro atoms. The molecule has 25 heavy (non-hydrogen) atoms. The number of likely N-dealkylation sites (tertiary alicyclic amines) is 1. The van der Waals surface area contributed by atoms with E-state index in [9.17, 15) is 0 Å². The number of benzene rings is 2. The van der Waals surface area contributed by atoms with Gasteiger partial charge in [0.05, 0.1) is 6.61 Å². The zero-order chi connectivity index (χ0) is 17.1. The lowest BCUT2D eigenvalue weighted by atomic mass is 9.88. The summed E-state index contributed by atoms with van der Waals surface area (Å²) < 4.78 is 12.3. The predicted octanol–water partition coefficient (Wildman–Crippen LogP) is 4.47. The molecule has 132 valence electrons. The summed E-state index contributed by atoms with van der Waals surface area (Å²) in [5.74, 6) is 2.51. The van der Waals surface area contributed by atoms with Crippen molar-refractivity contribution < 1.29 is 9.47 Å². The van der Waals surface area contributed by atoms with Gasteiger partial charge in [0, 0.05) is 12.5 Å². The monoisotopic (exact) mass is 337 g/mol. The Morgan fingerprint density at radius 1 is 1.12 bits per heavy atom. The second-order valence-electron chi connectivity index (χ2n) is 7.34. The van der Waals surface area contributed by atoms with Gasteiger partial charge < -0.3 is 14.4 Å². The minimum absolute atomic E-state index is 0.103. The van der Waals surface area contributed by atoms with Crippen molar-refractivity contribution in [1.29, 1.82) is 0 Å². The molecule has 2 aliphatic heterocycles. The van der Waals surface area contributed by atoms with Crippen LogP contribution in [0.2, 0.25) is 0 Å². The van der Waals surface area contributed by atoms with Crippen LogP contribution in [0.5, 0.6) is 11.5 Å². The molecule has 4 rings (SSSR count). The number of piperidine rings is 1. The molecular weight excluding hydrogens is 310 g/mol. The predicted molar refractivity (Wildman–Crippen MR) is 100 cm³/mol. The quantitative estimate of drug-likeness (QED) is 0.821. The van der Waals surface area contributed by atoms with Crippen LogP contribution in [0.25, 0.3) is 0 Å². The lowest BCUT2D eigenvalue weighted by Crippen LogP contribution is -2.36. The van der Waals surface area contributed by atoms with Gasteiger partial charge in [0.1, 0.15) is 17.6 Å². The molecule has 2 aliphatic rings. The van der Waals surface area contributed by atoms with E-state index in [0.717, 1.165) is 37.5 Å². The second-order valence-corrected chi connectivity index (χ2v) is 7.34. The minimum atomic E-state index is 0.103. The van der Waals surface area contributed by atoms with Crippen LogP contribution in [-0.2, 0) is 6.42 Å². The summed E-state index contributed by atoms with van der Waals surface area (Å²) >= 11 is 0. The highest BCUT2D eigenvalue weighted by atomic mass is 16.5. The van der Waals surface area contributed by atoms with Gasteiger partial charge in [-0.2, -0.15) is 0 Å². The molecule has 0 saturated carbocycles. The first kappa shape index (κ1) is 16.5. The first-order valence-electron chi connectivity index (χ1n) is 9.45. The van der Waals surface area contributed by atoms with E-state index in [4.69, 9.17) is 9.47 Å². The van der Waals surface area contributed by atoms with Gasteiger partial charge >= 0.3 is 0 Å². The molecule has 2 heterocycles. The van der Waals surface area contributed by atoms with Crippen molar-refractivity contribution in [2.75, 3.05) is 26.7 Å². The highest BCUT2D eigenvalue weighted by molar-refractivity contribution is 5.41. The van der Waals surface area contributed by atoms with Crippen molar-refractivity contribution >= 4 is 0 Å². The standard InChI is InChI=1S/C22H27NO2/c1-23-13-5-9-19(16-23)22(17-7-3-2-4-8-17)25-20-11-12-21-18(15-20)10-6-14-24-21/h2-4,7-8,11-12,15,19,22H,5-6,9-10,13-14,16H2,1H3. The molecule has 1 fully saturated rings. The van der Waals surface area contributed by atoms with Gasteiger partial charge in [0.25, 0.3) is 0 Å². The van der Waals surface area contributed by atoms with Gasteiger partial charge in [0.2, 0.25) is 0 Å². The van der Waals surface area contributed by atoms with Gasteiger partial charge in [-0.1, -0.05) is 30.3 Å². The summed E-state index contributed by atoms with van der Waals surface area (Å²) in [5, 5.41) is 0. The highest BCUT2D eigenvalue weighted by Crippen LogP contribution is 2.36. The summed E-state index contributed by atoms with van der Waals surface area (Å²) in [6, 6.07) is 17.0. The van der Waals surface area contributed by atoms with E-state index >= 15 is 0 Å². The minimum Gasteiger partial charge on any atom is -0.493 e. The zero-order valence-electron chi connectivity index (χ0n) is 15.0. The molecule has 0 radical (unpaired) electrons. The Labute approximate surface area is 150 Å². The Bertz CT molecular complexity index is 700. The molecule has 2 aromatic carbocycles. The summed E-state index contributed by atoms with van der Waals surface area (Å²) in [6.45, 7) is 3.11. The number of aryl methyl sites for hydroxylation is 1. The largest absolute Gasteiger partial charge is 0.493 e. The van der Waals surface area contributed by atoms with Crippen LogP contribution in [0.3, 0.4) is 0 Å². The Kier molecular flexibility index (Phi) is 4.93. The molecule has 2 aromatic rings. The summed E-state index contributed by atoms with van der Waals surface area (Å²) in [6.07, 6.45) is 4.73. The van der Waals surface area contributed by atoms with Crippen LogP contribution in [0.15, 0.2) is 48.5 Å². The number of hydrogen-bond acceptors (Lipinski definition) is 3. The van der Waals surface area contributed by atoms with E-state index in [1.54, 1.807) is 0 Å². The number of fused-ring (bicyclic) bond motifs is 1. The van der Waals surface area contributed by atoms with Crippen molar-refractivity contribution in [3.8, 4) is 11.5 Å². The molecule has 0 aromatic heterocycles. The number of hydrogen-bond donors (Lipinski definition) is 0. The Balaban J connectivity index is 1.60. The fourth-order valence-corrected chi connectivity index (χ4v) is 4.09. The fourth-order valence-electron chi connectivity index (χ4n) is 4.09. The third-order valence-corrected chi connectivity index (χ3v) is 5.36. The van der Waals surface area contributed by atoms with Crippen LogP contribution in [0, 0.1) is 5.92 Å². The van der Waals surface area contributed by atoms with Crippen molar-refractivity contribution in [3.05, 3.63) is 59.7 Å². The van der Waals surface area contributed by atoms with Crippen LogP contribution in [-0.4, -0.2) is 31.6 Å². The topological polar surface area (TPSA) is 21.7 Å². The van der Waals surface area contributed by atoms with E-state index in [0.29, 0.717) is 5.92 Å². The van der Waals surface area contributed by atoms with E-state index in [-0.39, 0.29) is 6.10 Å². The maximum absolute atomic E-state index is 6.57. The van der Waals surface area contributed by atoms with Crippen LogP contribution in [0.1, 0.15) is 36.5 Å². The maximum atomic E-state index is 6.57. The van der Waals surface area contributed by atoms with Gasteiger partial charge in [0.15, 0.2) is 0 Å². The van der Waals surface area contributed by atoms with Crippen molar-refractivity contribution in [3.63, 3.8) is 0 Å². The molecule has 0 bridgehead atoms. The summed E-state index contributed by atoms with van der Waals surface area (Å²) in [5.41, 5.74) is 2.55. The third-order valence-electron chi connectivity index (χ3n) is 5.36. The lowest BCUT2D eigenvalue weighted by molar-refractivity contribution is 0.0774. The molecule has 1 saturated heterocycles. The molecule has 2 unspecified atom stereocenters. The highest BCUT2D eigenvalue weighted by Gasteiger charge is 2.29. The van der Waals surface area contributed by atoms with E-state index in [1.165, 1.54) is 30.5 Å². The fraction of sp³-hybridized carbons (Fsp3) is 0.455. The van der Waals surface area contributed by atoms with Crippen molar-refractivity contribution in [1.82, 2.24) is 4.90 Å². The number of rotatable bonds is 4. The van der Waals surface area contributed by atoms with Crippen molar-refractivity contribution in [2.24, 2.45) is 5.92 Å². The van der Waals surface area contributed by atoms with E-state index in [2.05, 4.69) is 60.5 Å². The average molecular weight is 337 g/mol.